The monoisotopic (exact) mass is 486 g/mol. The second kappa shape index (κ2) is 9.49. The van der Waals surface area contributed by atoms with Gasteiger partial charge in [-0.05, 0) is 72.2 Å². The summed E-state index contributed by atoms with van der Waals surface area (Å²) in [6, 6.07) is 18.2. The molecule has 2 aromatic heterocycles. The highest BCUT2D eigenvalue weighted by molar-refractivity contribution is 7.13. The lowest BCUT2D eigenvalue weighted by atomic mass is 10.1. The average Bonchev–Trinajstić information content (AvgIpc) is 3.44. The van der Waals surface area contributed by atoms with Crippen LogP contribution in [0.1, 0.15) is 34.8 Å². The number of nitrogens with one attached hydrogen (secondary N) is 1. The van der Waals surface area contributed by atoms with E-state index in [2.05, 4.69) is 33.0 Å². The van der Waals surface area contributed by atoms with Crippen molar-refractivity contribution >= 4 is 39.5 Å². The van der Waals surface area contributed by atoms with E-state index in [1.807, 2.05) is 41.8 Å². The maximum Gasteiger partial charge on any atom is 0.255 e. The van der Waals surface area contributed by atoms with Crippen molar-refractivity contribution in [3.8, 4) is 10.4 Å². The lowest BCUT2D eigenvalue weighted by Crippen LogP contribution is -2.38. The van der Waals surface area contributed by atoms with Crippen LogP contribution in [-0.4, -0.2) is 48.2 Å². The molecule has 2 fully saturated rings. The molecule has 1 amide bonds. The van der Waals surface area contributed by atoms with Crippen molar-refractivity contribution in [2.24, 2.45) is 0 Å². The van der Waals surface area contributed by atoms with E-state index in [9.17, 15) is 4.79 Å². The van der Waals surface area contributed by atoms with E-state index in [4.69, 9.17) is 10.5 Å². The Hall–Kier alpha value is -3.13. The fourth-order valence-electron chi connectivity index (χ4n) is 4.92. The van der Waals surface area contributed by atoms with E-state index in [1.165, 1.54) is 24.1 Å². The molecule has 6 nitrogen and oxygen atoms in total. The zero-order valence-corrected chi connectivity index (χ0v) is 20.5. The predicted molar refractivity (Wildman–Crippen MR) is 143 cm³/mol. The number of nitrogen functional groups attached to an aromatic ring is 1. The molecule has 4 aromatic rings. The van der Waals surface area contributed by atoms with Crippen molar-refractivity contribution in [3.05, 3.63) is 71.2 Å². The fourth-order valence-corrected chi connectivity index (χ4v) is 5.65. The molecule has 6 rings (SSSR count). The van der Waals surface area contributed by atoms with Gasteiger partial charge in [0, 0.05) is 53.2 Å². The molecular formula is C28H30N4O2S. The molecule has 0 spiro atoms. The summed E-state index contributed by atoms with van der Waals surface area (Å²) in [5.41, 5.74) is 11.7. The van der Waals surface area contributed by atoms with E-state index in [0.717, 1.165) is 55.2 Å². The largest absolute Gasteiger partial charge is 0.397 e. The zero-order chi connectivity index (χ0) is 23.8. The Kier molecular flexibility index (Phi) is 6.06. The summed E-state index contributed by atoms with van der Waals surface area (Å²) in [4.78, 5) is 16.8. The Morgan fingerprint density at radius 2 is 1.91 bits per heavy atom. The number of thiophene rings is 1. The molecule has 35 heavy (non-hydrogen) atoms. The van der Waals surface area contributed by atoms with Gasteiger partial charge >= 0.3 is 0 Å². The Morgan fingerprint density at radius 1 is 1.06 bits per heavy atom. The smallest absolute Gasteiger partial charge is 0.255 e. The van der Waals surface area contributed by atoms with Gasteiger partial charge in [-0.25, -0.2) is 0 Å². The van der Waals surface area contributed by atoms with Gasteiger partial charge in [0.05, 0.1) is 24.6 Å². The zero-order valence-electron chi connectivity index (χ0n) is 19.7. The van der Waals surface area contributed by atoms with Gasteiger partial charge in [0.25, 0.3) is 5.91 Å². The normalized spacial score (nSPS) is 16.6. The lowest BCUT2D eigenvalue weighted by molar-refractivity contribution is 0.0364. The van der Waals surface area contributed by atoms with Crippen LogP contribution in [0.5, 0.6) is 0 Å². The van der Waals surface area contributed by atoms with Gasteiger partial charge in [0.15, 0.2) is 0 Å². The maximum atomic E-state index is 13.2. The number of anilines is 2. The molecule has 0 radical (unpaired) electrons. The van der Waals surface area contributed by atoms with E-state index in [0.29, 0.717) is 22.9 Å². The summed E-state index contributed by atoms with van der Waals surface area (Å²) in [6.45, 7) is 5.63. The number of aromatic nitrogens is 1. The van der Waals surface area contributed by atoms with Crippen LogP contribution in [0.2, 0.25) is 0 Å². The number of benzene rings is 2. The first-order chi connectivity index (χ1) is 17.2. The van der Waals surface area contributed by atoms with E-state index in [-0.39, 0.29) is 5.91 Å². The van der Waals surface area contributed by atoms with Gasteiger partial charge in [0.2, 0.25) is 0 Å². The quantitative estimate of drug-likeness (QED) is 0.343. The number of nitrogens with two attached hydrogens (primary N) is 1. The summed E-state index contributed by atoms with van der Waals surface area (Å²) in [7, 11) is 0. The lowest BCUT2D eigenvalue weighted by Gasteiger charge is -2.27. The maximum absolute atomic E-state index is 13.2. The first-order valence-corrected chi connectivity index (χ1v) is 13.2. The highest BCUT2D eigenvalue weighted by atomic mass is 32.1. The van der Waals surface area contributed by atoms with Gasteiger partial charge in [-0.3, -0.25) is 9.69 Å². The number of carbonyl (C=O) groups is 1. The fraction of sp³-hybridized carbons (Fsp3) is 0.321. The molecule has 7 heteroatoms. The predicted octanol–water partition coefficient (Wildman–Crippen LogP) is 5.41. The van der Waals surface area contributed by atoms with Crippen LogP contribution >= 0.6 is 11.3 Å². The standard InChI is InChI=1S/C28H30N4O2S/c29-23-7-5-20(27-2-1-15-35-27)17-24(23)30-28(33)21-6-8-25-22(16-21)18-26(19-3-4-19)32(25)10-9-31-11-13-34-14-12-31/h1-2,5-8,15-19H,3-4,9-14,29H2,(H,30,33). The van der Waals surface area contributed by atoms with Crippen LogP contribution in [0.15, 0.2) is 60.0 Å². The Balaban J connectivity index is 1.24. The van der Waals surface area contributed by atoms with Crippen molar-refractivity contribution < 1.29 is 9.53 Å². The molecule has 1 saturated heterocycles. The SMILES string of the molecule is Nc1ccc(-c2cccs2)cc1NC(=O)c1ccc2c(c1)cc(C1CC1)n2CCN1CCOCC1. The first kappa shape index (κ1) is 22.3. The molecule has 2 aliphatic rings. The minimum atomic E-state index is -0.143. The van der Waals surface area contributed by atoms with Crippen molar-refractivity contribution in [1.29, 1.82) is 0 Å². The van der Waals surface area contributed by atoms with E-state index in [1.54, 1.807) is 11.3 Å². The van der Waals surface area contributed by atoms with Crippen molar-refractivity contribution in [1.82, 2.24) is 9.47 Å². The van der Waals surface area contributed by atoms with Crippen LogP contribution in [0.3, 0.4) is 0 Å². The van der Waals surface area contributed by atoms with Crippen molar-refractivity contribution in [2.45, 2.75) is 25.3 Å². The number of hydrogen-bond donors (Lipinski definition) is 2. The summed E-state index contributed by atoms with van der Waals surface area (Å²) in [5.74, 6) is 0.500. The van der Waals surface area contributed by atoms with Gasteiger partial charge in [0.1, 0.15) is 0 Å². The molecule has 0 unspecified atom stereocenters. The minimum Gasteiger partial charge on any atom is -0.397 e. The third kappa shape index (κ3) is 4.72. The third-order valence-electron chi connectivity index (χ3n) is 7.04. The molecule has 0 bridgehead atoms. The van der Waals surface area contributed by atoms with Crippen LogP contribution in [0.25, 0.3) is 21.3 Å². The molecule has 3 N–H and O–H groups in total. The third-order valence-corrected chi connectivity index (χ3v) is 7.96. The molecule has 1 saturated carbocycles. The minimum absolute atomic E-state index is 0.143. The Bertz CT molecular complexity index is 1350. The average molecular weight is 487 g/mol. The summed E-state index contributed by atoms with van der Waals surface area (Å²) in [5, 5.41) is 6.20. The van der Waals surface area contributed by atoms with Crippen molar-refractivity contribution in [2.75, 3.05) is 43.9 Å². The molecule has 180 valence electrons. The van der Waals surface area contributed by atoms with Gasteiger partial charge < -0.3 is 20.4 Å². The molecule has 3 heterocycles. The van der Waals surface area contributed by atoms with Crippen LogP contribution in [0.4, 0.5) is 11.4 Å². The first-order valence-electron chi connectivity index (χ1n) is 12.3. The topological polar surface area (TPSA) is 72.5 Å². The number of morpholine rings is 1. The van der Waals surface area contributed by atoms with Gasteiger partial charge in [-0.2, -0.15) is 0 Å². The highest BCUT2D eigenvalue weighted by Gasteiger charge is 2.28. The van der Waals surface area contributed by atoms with E-state index < -0.39 is 0 Å². The number of fused-ring (bicyclic) bond motifs is 1. The second-order valence-electron chi connectivity index (χ2n) is 9.46. The number of ether oxygens (including phenoxy) is 1. The number of carbonyl (C=O) groups excluding carboxylic acids is 1. The highest BCUT2D eigenvalue weighted by Crippen LogP contribution is 2.42. The van der Waals surface area contributed by atoms with Crippen LogP contribution < -0.4 is 11.1 Å². The Morgan fingerprint density at radius 3 is 2.69 bits per heavy atom. The molecule has 2 aromatic carbocycles. The number of rotatable bonds is 7. The summed E-state index contributed by atoms with van der Waals surface area (Å²) in [6.07, 6.45) is 2.50. The summed E-state index contributed by atoms with van der Waals surface area (Å²) >= 11 is 1.67. The van der Waals surface area contributed by atoms with E-state index >= 15 is 0 Å². The van der Waals surface area contributed by atoms with Gasteiger partial charge in [-0.1, -0.05) is 12.1 Å². The number of amides is 1. The Labute approximate surface area is 209 Å². The number of hydrogen-bond acceptors (Lipinski definition) is 5. The molecular weight excluding hydrogens is 456 g/mol. The molecule has 0 atom stereocenters. The van der Waals surface area contributed by atoms with Crippen molar-refractivity contribution in [3.63, 3.8) is 0 Å². The van der Waals surface area contributed by atoms with Crippen LogP contribution in [0, 0.1) is 0 Å². The molecule has 1 aliphatic heterocycles. The second-order valence-corrected chi connectivity index (χ2v) is 10.4. The summed E-state index contributed by atoms with van der Waals surface area (Å²) < 4.78 is 7.96. The number of nitrogens with zero attached hydrogens (tertiary/aromatic N) is 2. The van der Waals surface area contributed by atoms with Crippen LogP contribution in [-0.2, 0) is 11.3 Å². The van der Waals surface area contributed by atoms with Gasteiger partial charge in [-0.15, -0.1) is 11.3 Å². The molecule has 1 aliphatic carbocycles.